The molecule has 0 spiro atoms. The summed E-state index contributed by atoms with van der Waals surface area (Å²) in [5.74, 6) is -0.647. The Kier molecular flexibility index (Phi) is 4.22. The molecule has 0 radical (unpaired) electrons. The van der Waals surface area contributed by atoms with Gasteiger partial charge >= 0.3 is 6.61 Å². The van der Waals surface area contributed by atoms with Crippen LogP contribution in [0.15, 0.2) is 42.5 Å². The SMILES string of the molecule is NC(=O)c1ccc(N)c(Nc2ccccc2OC(F)F)c1. The minimum atomic E-state index is -2.94. The summed E-state index contributed by atoms with van der Waals surface area (Å²) in [5.41, 5.74) is 12.2. The molecule has 0 fully saturated rings. The predicted octanol–water partition coefficient (Wildman–Crippen LogP) is 2.71. The molecular weight excluding hydrogens is 280 g/mol. The molecule has 0 saturated heterocycles. The van der Waals surface area contributed by atoms with E-state index < -0.39 is 12.5 Å². The van der Waals surface area contributed by atoms with Gasteiger partial charge in [-0.15, -0.1) is 0 Å². The van der Waals surface area contributed by atoms with Gasteiger partial charge in [-0.25, -0.2) is 0 Å². The molecule has 2 aromatic rings. The molecule has 0 aliphatic carbocycles. The molecule has 0 aliphatic heterocycles. The Morgan fingerprint density at radius 2 is 1.86 bits per heavy atom. The van der Waals surface area contributed by atoms with Crippen molar-refractivity contribution < 1.29 is 18.3 Å². The zero-order chi connectivity index (χ0) is 15.4. The third kappa shape index (κ3) is 3.59. The monoisotopic (exact) mass is 293 g/mol. The van der Waals surface area contributed by atoms with E-state index in [-0.39, 0.29) is 11.3 Å². The summed E-state index contributed by atoms with van der Waals surface area (Å²) < 4.78 is 29.1. The van der Waals surface area contributed by atoms with Gasteiger partial charge in [0.2, 0.25) is 5.91 Å². The number of halogens is 2. The van der Waals surface area contributed by atoms with Crippen LogP contribution in [0.25, 0.3) is 0 Å². The first-order valence-electron chi connectivity index (χ1n) is 5.97. The number of nitrogens with two attached hydrogens (primary N) is 2. The third-order valence-electron chi connectivity index (χ3n) is 2.71. The van der Waals surface area contributed by atoms with Gasteiger partial charge in [-0.2, -0.15) is 8.78 Å². The van der Waals surface area contributed by atoms with Crippen molar-refractivity contribution in [2.45, 2.75) is 6.61 Å². The number of amides is 1. The van der Waals surface area contributed by atoms with Crippen LogP contribution in [0.5, 0.6) is 5.75 Å². The van der Waals surface area contributed by atoms with E-state index in [1.54, 1.807) is 18.2 Å². The standard InChI is InChI=1S/C14H13F2N3O2/c15-14(16)21-12-4-2-1-3-10(12)19-11-7-8(13(18)20)5-6-9(11)17/h1-7,14,19H,17H2,(H2,18,20). The average molecular weight is 293 g/mol. The second kappa shape index (κ2) is 6.08. The highest BCUT2D eigenvalue weighted by Crippen LogP contribution is 2.31. The van der Waals surface area contributed by atoms with E-state index in [1.165, 1.54) is 24.3 Å². The molecule has 0 aromatic heterocycles. The average Bonchev–Trinajstić information content (AvgIpc) is 2.42. The van der Waals surface area contributed by atoms with E-state index in [9.17, 15) is 13.6 Å². The summed E-state index contributed by atoms with van der Waals surface area (Å²) in [7, 11) is 0. The van der Waals surface area contributed by atoms with Crippen LogP contribution >= 0.6 is 0 Å². The van der Waals surface area contributed by atoms with E-state index in [0.717, 1.165) is 0 Å². The smallest absolute Gasteiger partial charge is 0.387 e. The van der Waals surface area contributed by atoms with Gasteiger partial charge in [0, 0.05) is 5.56 Å². The molecule has 2 aromatic carbocycles. The number of carbonyl (C=O) groups is 1. The number of alkyl halides is 2. The Morgan fingerprint density at radius 3 is 2.52 bits per heavy atom. The van der Waals surface area contributed by atoms with Gasteiger partial charge in [-0.3, -0.25) is 4.79 Å². The molecule has 1 amide bonds. The fraction of sp³-hybridized carbons (Fsp3) is 0.0714. The highest BCUT2D eigenvalue weighted by Gasteiger charge is 2.11. The Hall–Kier alpha value is -2.83. The number of rotatable bonds is 5. The quantitative estimate of drug-likeness (QED) is 0.739. The lowest BCUT2D eigenvalue weighted by atomic mass is 10.1. The fourth-order valence-corrected chi connectivity index (χ4v) is 1.73. The van der Waals surface area contributed by atoms with Crippen LogP contribution in [0.1, 0.15) is 10.4 Å². The number of ether oxygens (including phenoxy) is 1. The van der Waals surface area contributed by atoms with Crippen LogP contribution in [0, 0.1) is 0 Å². The summed E-state index contributed by atoms with van der Waals surface area (Å²) in [6, 6.07) is 10.6. The molecule has 0 unspecified atom stereocenters. The van der Waals surface area contributed by atoms with E-state index in [2.05, 4.69) is 10.1 Å². The molecule has 0 aliphatic rings. The second-order valence-corrected chi connectivity index (χ2v) is 4.17. The zero-order valence-corrected chi connectivity index (χ0v) is 10.8. The lowest BCUT2D eigenvalue weighted by molar-refractivity contribution is -0.0493. The number of hydrogen-bond acceptors (Lipinski definition) is 4. The van der Waals surface area contributed by atoms with Crippen molar-refractivity contribution in [2.24, 2.45) is 5.73 Å². The van der Waals surface area contributed by atoms with Crippen molar-refractivity contribution in [2.75, 3.05) is 11.1 Å². The molecule has 2 rings (SSSR count). The molecule has 0 heterocycles. The summed E-state index contributed by atoms with van der Waals surface area (Å²) in [6.07, 6.45) is 0. The first-order valence-corrected chi connectivity index (χ1v) is 5.97. The number of benzene rings is 2. The number of anilines is 3. The van der Waals surface area contributed by atoms with Crippen molar-refractivity contribution in [1.29, 1.82) is 0 Å². The van der Waals surface area contributed by atoms with E-state index in [1.807, 2.05) is 0 Å². The molecule has 5 N–H and O–H groups in total. The van der Waals surface area contributed by atoms with Gasteiger partial charge in [0.15, 0.2) is 0 Å². The van der Waals surface area contributed by atoms with Crippen molar-refractivity contribution in [1.82, 2.24) is 0 Å². The second-order valence-electron chi connectivity index (χ2n) is 4.17. The molecule has 5 nitrogen and oxygen atoms in total. The molecule has 110 valence electrons. The summed E-state index contributed by atoms with van der Waals surface area (Å²) in [5, 5.41) is 2.85. The van der Waals surface area contributed by atoms with Crippen LogP contribution in [-0.2, 0) is 0 Å². The number of primary amides is 1. The van der Waals surface area contributed by atoms with Crippen LogP contribution in [0.3, 0.4) is 0 Å². The van der Waals surface area contributed by atoms with Crippen LogP contribution < -0.4 is 21.5 Å². The first kappa shape index (κ1) is 14.6. The molecule has 21 heavy (non-hydrogen) atoms. The van der Waals surface area contributed by atoms with Gasteiger partial charge in [0.05, 0.1) is 17.1 Å². The van der Waals surface area contributed by atoms with E-state index >= 15 is 0 Å². The number of nitrogen functional groups attached to an aromatic ring is 1. The van der Waals surface area contributed by atoms with Crippen LogP contribution in [0.4, 0.5) is 25.8 Å². The fourth-order valence-electron chi connectivity index (χ4n) is 1.73. The van der Waals surface area contributed by atoms with Gasteiger partial charge in [-0.05, 0) is 30.3 Å². The predicted molar refractivity (Wildman–Crippen MR) is 75.7 cm³/mol. The zero-order valence-electron chi connectivity index (χ0n) is 10.8. The topological polar surface area (TPSA) is 90.4 Å². The minimum absolute atomic E-state index is 0.0311. The van der Waals surface area contributed by atoms with Crippen molar-refractivity contribution >= 4 is 23.0 Å². The summed E-state index contributed by atoms with van der Waals surface area (Å²) in [6.45, 7) is -2.94. The van der Waals surface area contributed by atoms with E-state index in [4.69, 9.17) is 11.5 Å². The van der Waals surface area contributed by atoms with E-state index in [0.29, 0.717) is 17.1 Å². The Balaban J connectivity index is 2.34. The Labute approximate surface area is 119 Å². The number of hydrogen-bond donors (Lipinski definition) is 3. The first-order chi connectivity index (χ1) is 9.97. The van der Waals surface area contributed by atoms with Crippen molar-refractivity contribution in [3.63, 3.8) is 0 Å². The van der Waals surface area contributed by atoms with Crippen molar-refractivity contribution in [3.8, 4) is 5.75 Å². The van der Waals surface area contributed by atoms with Crippen LogP contribution in [0.2, 0.25) is 0 Å². The molecule has 0 saturated carbocycles. The maximum atomic E-state index is 12.4. The Morgan fingerprint density at radius 1 is 1.14 bits per heavy atom. The maximum absolute atomic E-state index is 12.4. The van der Waals surface area contributed by atoms with Crippen molar-refractivity contribution in [3.05, 3.63) is 48.0 Å². The number of nitrogens with one attached hydrogen (secondary N) is 1. The molecule has 7 heteroatoms. The normalized spacial score (nSPS) is 10.4. The third-order valence-corrected chi connectivity index (χ3v) is 2.71. The van der Waals surface area contributed by atoms with Crippen LogP contribution in [-0.4, -0.2) is 12.5 Å². The highest BCUT2D eigenvalue weighted by molar-refractivity contribution is 5.95. The summed E-state index contributed by atoms with van der Waals surface area (Å²) >= 11 is 0. The molecule has 0 atom stereocenters. The number of para-hydroxylation sites is 2. The molecule has 0 bridgehead atoms. The van der Waals surface area contributed by atoms with Gasteiger partial charge < -0.3 is 21.5 Å². The largest absolute Gasteiger partial charge is 0.433 e. The lowest BCUT2D eigenvalue weighted by Crippen LogP contribution is -2.11. The highest BCUT2D eigenvalue weighted by atomic mass is 19.3. The van der Waals surface area contributed by atoms with Gasteiger partial charge in [0.1, 0.15) is 5.75 Å². The maximum Gasteiger partial charge on any atom is 0.387 e. The number of carbonyl (C=O) groups excluding carboxylic acids is 1. The summed E-state index contributed by atoms with van der Waals surface area (Å²) in [4.78, 5) is 11.2. The minimum Gasteiger partial charge on any atom is -0.433 e. The van der Waals surface area contributed by atoms with Gasteiger partial charge in [-0.1, -0.05) is 12.1 Å². The molecular formula is C14H13F2N3O2. The Bertz CT molecular complexity index is 662. The lowest BCUT2D eigenvalue weighted by Gasteiger charge is -2.14. The van der Waals surface area contributed by atoms with Gasteiger partial charge in [0.25, 0.3) is 0 Å².